The lowest BCUT2D eigenvalue weighted by atomic mass is 9.67. The van der Waals surface area contributed by atoms with Crippen LogP contribution >= 0.6 is 0 Å². The Morgan fingerprint density at radius 3 is 0.883 bits per heavy atom. The van der Waals surface area contributed by atoms with Gasteiger partial charge in [-0.1, -0.05) is 152 Å². The molecular weight excluding hydrogens is 721 g/mol. The van der Waals surface area contributed by atoms with E-state index < -0.39 is 0 Å². The summed E-state index contributed by atoms with van der Waals surface area (Å²) in [5, 5.41) is 11.0. The maximum atomic E-state index is 2.58. The summed E-state index contributed by atoms with van der Waals surface area (Å²) in [5.74, 6) is 0. The molecule has 0 amide bonds. The van der Waals surface area contributed by atoms with Crippen LogP contribution in [0.15, 0.2) is 121 Å². The summed E-state index contributed by atoms with van der Waals surface area (Å²) in [7, 11) is 0. The van der Waals surface area contributed by atoms with Crippen LogP contribution in [0, 0.1) is 13.8 Å². The lowest BCUT2D eigenvalue weighted by molar-refractivity contribution is 0.639. The van der Waals surface area contributed by atoms with E-state index in [1.165, 1.54) is 143 Å². The Labute approximate surface area is 353 Å². The van der Waals surface area contributed by atoms with E-state index in [9.17, 15) is 0 Å². The summed E-state index contributed by atoms with van der Waals surface area (Å²) < 4.78 is 0. The molecule has 60 heavy (non-hydrogen) atoms. The predicted molar refractivity (Wildman–Crippen MR) is 256 cm³/mol. The lowest BCUT2D eigenvalue weighted by Gasteiger charge is -2.36. The van der Waals surface area contributed by atoms with Crippen LogP contribution in [0.3, 0.4) is 0 Å². The van der Waals surface area contributed by atoms with Gasteiger partial charge in [-0.15, -0.1) is 0 Å². The number of fused-ring (bicyclic) bond motifs is 2. The zero-order valence-corrected chi connectivity index (χ0v) is 36.5. The third-order valence-corrected chi connectivity index (χ3v) is 16.4. The van der Waals surface area contributed by atoms with Crippen molar-refractivity contribution in [1.29, 1.82) is 0 Å². The Morgan fingerprint density at radius 1 is 0.267 bits per heavy atom. The highest BCUT2D eigenvalue weighted by atomic mass is 14.5. The molecule has 290 valence electrons. The van der Waals surface area contributed by atoms with E-state index >= 15 is 0 Å². The van der Waals surface area contributed by atoms with Crippen LogP contribution in [0.1, 0.15) is 111 Å². The van der Waals surface area contributed by atoms with Crippen molar-refractivity contribution in [2.75, 3.05) is 0 Å². The zero-order valence-electron chi connectivity index (χ0n) is 36.5. The molecule has 0 atom stereocenters. The summed E-state index contributed by atoms with van der Waals surface area (Å²) in [6.45, 7) is 24.3. The molecule has 0 radical (unpaired) electrons. The van der Waals surface area contributed by atoms with E-state index in [2.05, 4.69) is 191 Å². The van der Waals surface area contributed by atoms with Gasteiger partial charge in [-0.3, -0.25) is 0 Å². The average Bonchev–Trinajstić information content (AvgIpc) is 3.59. The van der Waals surface area contributed by atoms with Gasteiger partial charge in [0, 0.05) is 21.7 Å². The molecule has 0 saturated carbocycles. The molecule has 0 fully saturated rings. The summed E-state index contributed by atoms with van der Waals surface area (Å²) in [6, 6.07) is 47.9. The minimum atomic E-state index is -0.157. The molecule has 0 bridgehead atoms. The second kappa shape index (κ2) is 10.7. The Bertz CT molecular complexity index is 3250. The normalized spacial score (nSPS) is 17.4. The van der Waals surface area contributed by atoms with Crippen molar-refractivity contribution in [2.24, 2.45) is 0 Å². The fourth-order valence-corrected chi connectivity index (χ4v) is 13.3. The summed E-state index contributed by atoms with van der Waals surface area (Å²) in [4.78, 5) is 0. The van der Waals surface area contributed by atoms with Crippen LogP contribution in [0.5, 0.6) is 0 Å². The van der Waals surface area contributed by atoms with Crippen LogP contribution in [0.25, 0.3) is 87.6 Å². The average molecular weight is 771 g/mol. The highest BCUT2D eigenvalue weighted by molar-refractivity contribution is 6.22. The molecule has 4 aliphatic carbocycles. The summed E-state index contributed by atoms with van der Waals surface area (Å²) in [6.07, 6.45) is 0. The van der Waals surface area contributed by atoms with Gasteiger partial charge in [-0.2, -0.15) is 0 Å². The molecule has 0 nitrogen and oxygen atoms in total. The summed E-state index contributed by atoms with van der Waals surface area (Å²) >= 11 is 0. The highest BCUT2D eigenvalue weighted by Crippen LogP contribution is 2.63. The first-order valence-corrected chi connectivity index (χ1v) is 22.1. The molecule has 0 spiro atoms. The minimum Gasteiger partial charge on any atom is -0.0616 e. The van der Waals surface area contributed by atoms with Crippen molar-refractivity contribution >= 4 is 43.1 Å². The molecule has 0 heterocycles. The SMILES string of the molecule is Cc1cc2c3c4c(cccc14)C(C)(C)c1cc(-c4c5ccccc5c(-c5cc6c7c(c5)C(C)(C)c5cccc8c(C)cc(c-7c58)C6(C)C)c5ccccc45)cc(c1-3)C2(C)C. The quantitative estimate of drug-likeness (QED) is 0.154. The Hall–Kier alpha value is -5.98. The maximum absolute atomic E-state index is 2.58. The van der Waals surface area contributed by atoms with Crippen LogP contribution in [0.2, 0.25) is 0 Å². The van der Waals surface area contributed by atoms with E-state index in [4.69, 9.17) is 0 Å². The Morgan fingerprint density at radius 2 is 0.550 bits per heavy atom. The van der Waals surface area contributed by atoms with Crippen molar-refractivity contribution in [1.82, 2.24) is 0 Å². The summed E-state index contributed by atoms with van der Waals surface area (Å²) in [5.41, 5.74) is 25.1. The first-order valence-electron chi connectivity index (χ1n) is 22.1. The zero-order chi connectivity index (χ0) is 41.2. The van der Waals surface area contributed by atoms with E-state index in [-0.39, 0.29) is 21.7 Å². The van der Waals surface area contributed by atoms with Crippen molar-refractivity contribution in [3.05, 3.63) is 177 Å². The standard InChI is InChI=1S/C60H50/c1-31-25-43-55-51-35(31)21-15-23-41(51)57(3,4)45-27-33(29-47(53(45)55)59(43,7)8)49-37-17-11-13-19-39(37)50(40-20-14-12-18-38(40)49)34-28-46-54-48(30-34)60(9,10)44-26-32(2)36-22-16-24-42(58(46,5)6)52(36)56(44)54/h11-30H,1-10H3. The molecular formula is C60H50. The Balaban J connectivity index is 1.12. The van der Waals surface area contributed by atoms with Gasteiger partial charge >= 0.3 is 0 Å². The second-order valence-electron chi connectivity index (χ2n) is 20.9. The molecule has 0 aromatic heterocycles. The van der Waals surface area contributed by atoms with Gasteiger partial charge in [0.15, 0.2) is 0 Å². The Kier molecular flexibility index (Phi) is 6.19. The molecule has 0 heteroatoms. The van der Waals surface area contributed by atoms with Crippen molar-refractivity contribution in [2.45, 2.75) is 90.9 Å². The van der Waals surface area contributed by atoms with E-state index in [1.54, 1.807) is 0 Å². The number of benzene rings is 9. The fourth-order valence-electron chi connectivity index (χ4n) is 13.3. The van der Waals surface area contributed by atoms with Crippen LogP contribution in [-0.2, 0) is 21.7 Å². The number of hydrogen-bond donors (Lipinski definition) is 0. The predicted octanol–water partition coefficient (Wildman–Crippen LogP) is 16.1. The maximum Gasteiger partial charge on any atom is 0.0159 e. The largest absolute Gasteiger partial charge is 0.0616 e. The van der Waals surface area contributed by atoms with Gasteiger partial charge in [-0.05, 0) is 181 Å². The van der Waals surface area contributed by atoms with E-state index in [1.807, 2.05) is 0 Å². The molecule has 0 N–H and O–H groups in total. The van der Waals surface area contributed by atoms with Crippen molar-refractivity contribution in [3.63, 3.8) is 0 Å². The van der Waals surface area contributed by atoms with Gasteiger partial charge in [0.1, 0.15) is 0 Å². The third kappa shape index (κ3) is 3.83. The highest BCUT2D eigenvalue weighted by Gasteiger charge is 2.47. The first kappa shape index (κ1) is 34.8. The molecule has 4 aliphatic rings. The number of aryl methyl sites for hydroxylation is 2. The van der Waals surface area contributed by atoms with Gasteiger partial charge in [0.2, 0.25) is 0 Å². The van der Waals surface area contributed by atoms with Gasteiger partial charge in [0.25, 0.3) is 0 Å². The molecule has 0 saturated heterocycles. The van der Waals surface area contributed by atoms with Crippen LogP contribution in [-0.4, -0.2) is 0 Å². The third-order valence-electron chi connectivity index (χ3n) is 16.4. The molecule has 0 unspecified atom stereocenters. The van der Waals surface area contributed by atoms with Gasteiger partial charge < -0.3 is 0 Å². The number of hydrogen-bond acceptors (Lipinski definition) is 0. The molecule has 9 aromatic rings. The van der Waals surface area contributed by atoms with Crippen LogP contribution < -0.4 is 0 Å². The van der Waals surface area contributed by atoms with Crippen molar-refractivity contribution < 1.29 is 0 Å². The van der Waals surface area contributed by atoms with E-state index in [0.29, 0.717) is 0 Å². The molecule has 0 aliphatic heterocycles. The molecule has 13 rings (SSSR count). The second-order valence-corrected chi connectivity index (χ2v) is 20.9. The van der Waals surface area contributed by atoms with Crippen LogP contribution in [0.4, 0.5) is 0 Å². The lowest BCUT2D eigenvalue weighted by Crippen LogP contribution is -2.24. The van der Waals surface area contributed by atoms with Crippen molar-refractivity contribution in [3.8, 4) is 44.5 Å². The van der Waals surface area contributed by atoms with E-state index in [0.717, 1.165) is 0 Å². The first-order chi connectivity index (χ1) is 28.6. The van der Waals surface area contributed by atoms with Gasteiger partial charge in [0.05, 0.1) is 0 Å². The monoisotopic (exact) mass is 770 g/mol. The topological polar surface area (TPSA) is 0 Å². The smallest absolute Gasteiger partial charge is 0.0159 e. The number of rotatable bonds is 2. The minimum absolute atomic E-state index is 0.126. The molecule has 9 aromatic carbocycles. The fraction of sp³-hybridized carbons (Fsp3) is 0.233. The van der Waals surface area contributed by atoms with Gasteiger partial charge in [-0.25, -0.2) is 0 Å².